The fourth-order valence-electron chi connectivity index (χ4n) is 5.01. The van der Waals surface area contributed by atoms with E-state index in [2.05, 4.69) is 10.3 Å². The monoisotopic (exact) mass is 502 g/mol. The van der Waals surface area contributed by atoms with Crippen molar-refractivity contribution >= 4 is 34.7 Å². The van der Waals surface area contributed by atoms with Crippen molar-refractivity contribution in [2.24, 2.45) is 16.3 Å². The van der Waals surface area contributed by atoms with Crippen LogP contribution in [0.3, 0.4) is 0 Å². The highest BCUT2D eigenvalue weighted by atomic mass is 35.5. The molecule has 1 amide bonds. The summed E-state index contributed by atoms with van der Waals surface area (Å²) in [5, 5.41) is 2.53. The Hall–Kier alpha value is -2.93. The molecule has 0 spiro atoms. The van der Waals surface area contributed by atoms with Gasteiger partial charge in [-0.05, 0) is 49.4 Å². The predicted molar refractivity (Wildman–Crippen MR) is 131 cm³/mol. The molecule has 4 nitrogen and oxygen atoms in total. The van der Waals surface area contributed by atoms with Crippen LogP contribution in [0.2, 0.25) is 5.02 Å². The molecule has 2 aromatic rings. The smallest absolute Gasteiger partial charge is 0.321 e. The number of amides is 1. The molecule has 1 heterocycles. The second-order valence-electron chi connectivity index (χ2n) is 10.1. The van der Waals surface area contributed by atoms with Crippen LogP contribution >= 0.6 is 11.6 Å². The number of benzene rings is 2. The van der Waals surface area contributed by atoms with Gasteiger partial charge in [0.15, 0.2) is 0 Å². The average molecular weight is 503 g/mol. The van der Waals surface area contributed by atoms with E-state index in [1.807, 2.05) is 45.0 Å². The fraction of sp³-hybridized carbons (Fsp3) is 0.370. The first-order valence-electron chi connectivity index (χ1n) is 11.3. The fourth-order valence-corrected chi connectivity index (χ4v) is 5.18. The van der Waals surface area contributed by atoms with Gasteiger partial charge in [-0.25, -0.2) is 0 Å². The van der Waals surface area contributed by atoms with Crippen molar-refractivity contribution in [2.45, 2.75) is 52.6 Å². The van der Waals surface area contributed by atoms with Gasteiger partial charge in [0.05, 0.1) is 22.2 Å². The number of carbonyl (C=O) groups excluding carboxylic acids is 2. The van der Waals surface area contributed by atoms with Gasteiger partial charge in [0.25, 0.3) is 5.91 Å². The zero-order valence-electron chi connectivity index (χ0n) is 19.9. The maximum Gasteiger partial charge on any atom is 0.416 e. The lowest BCUT2D eigenvalue weighted by Gasteiger charge is -2.41. The Morgan fingerprint density at radius 3 is 2.34 bits per heavy atom. The summed E-state index contributed by atoms with van der Waals surface area (Å²) in [6.07, 6.45) is -3.61. The third-order valence-corrected chi connectivity index (χ3v) is 6.92. The van der Waals surface area contributed by atoms with E-state index in [0.29, 0.717) is 18.5 Å². The molecule has 2 aliphatic rings. The molecule has 35 heavy (non-hydrogen) atoms. The molecule has 184 valence electrons. The number of ketones is 1. The van der Waals surface area contributed by atoms with Crippen LogP contribution < -0.4 is 5.32 Å². The second-order valence-corrected chi connectivity index (χ2v) is 10.5. The molecule has 0 aromatic heterocycles. The first-order valence-corrected chi connectivity index (χ1v) is 11.7. The van der Waals surface area contributed by atoms with Crippen molar-refractivity contribution in [3.05, 3.63) is 75.4 Å². The normalized spacial score (nSPS) is 21.9. The second kappa shape index (κ2) is 8.94. The van der Waals surface area contributed by atoms with Crippen LogP contribution in [0.25, 0.3) is 0 Å². The van der Waals surface area contributed by atoms with Gasteiger partial charge in [0.1, 0.15) is 5.78 Å². The van der Waals surface area contributed by atoms with Crippen molar-refractivity contribution in [1.29, 1.82) is 0 Å². The van der Waals surface area contributed by atoms with Gasteiger partial charge in [-0.2, -0.15) is 13.2 Å². The molecule has 1 unspecified atom stereocenters. The topological polar surface area (TPSA) is 58.5 Å². The van der Waals surface area contributed by atoms with Gasteiger partial charge < -0.3 is 5.32 Å². The lowest BCUT2D eigenvalue weighted by atomic mass is 9.63. The Morgan fingerprint density at radius 2 is 1.71 bits per heavy atom. The molecule has 0 bridgehead atoms. The predicted octanol–water partition coefficient (Wildman–Crippen LogP) is 7.12. The van der Waals surface area contributed by atoms with Crippen LogP contribution in [-0.4, -0.2) is 17.4 Å². The third kappa shape index (κ3) is 5.06. The maximum atomic E-state index is 13.6. The van der Waals surface area contributed by atoms with Gasteiger partial charge >= 0.3 is 6.18 Å². The number of rotatable bonds is 3. The molecule has 1 N–H and O–H groups in total. The molecule has 2 atom stereocenters. The zero-order chi connectivity index (χ0) is 25.7. The first-order chi connectivity index (χ1) is 16.3. The number of carbonyl (C=O) groups is 2. The van der Waals surface area contributed by atoms with E-state index < -0.39 is 29.5 Å². The Morgan fingerprint density at radius 1 is 1.06 bits per heavy atom. The Bertz CT molecular complexity index is 1260. The SMILES string of the molecule is CC1=C(C(=O)Nc2cc(C(F)(F)F)ccc2Cl)[C@@H](c2ccc(C)cc2)C2C(=O)CC(C)(C)CC2=N1. The molecule has 1 saturated carbocycles. The molecule has 0 radical (unpaired) electrons. The van der Waals surface area contributed by atoms with E-state index in [1.165, 1.54) is 0 Å². The summed E-state index contributed by atoms with van der Waals surface area (Å²) in [5.74, 6) is -1.83. The van der Waals surface area contributed by atoms with Crippen molar-refractivity contribution in [3.63, 3.8) is 0 Å². The van der Waals surface area contributed by atoms with Crippen molar-refractivity contribution in [1.82, 2.24) is 0 Å². The average Bonchev–Trinajstić information content (AvgIpc) is 2.73. The molecule has 1 aliphatic carbocycles. The van der Waals surface area contributed by atoms with E-state index >= 15 is 0 Å². The van der Waals surface area contributed by atoms with Crippen LogP contribution in [0.1, 0.15) is 56.2 Å². The standard InChI is InChI=1S/C27H26ClF3N2O2/c1-14-5-7-16(8-6-14)23-22(15(2)32-20-12-26(3,4)13-21(34)24(20)23)25(35)33-19-11-17(27(29,30)31)9-10-18(19)28/h5-11,23-24H,12-13H2,1-4H3,(H,33,35)/t23-,24?/m1/s1. The molecule has 0 saturated heterocycles. The molecule has 2 aromatic carbocycles. The van der Waals surface area contributed by atoms with Crippen molar-refractivity contribution in [2.75, 3.05) is 5.32 Å². The van der Waals surface area contributed by atoms with Crippen LogP contribution in [0.15, 0.2) is 58.7 Å². The van der Waals surface area contributed by atoms with Crippen molar-refractivity contribution < 1.29 is 22.8 Å². The summed E-state index contributed by atoms with van der Waals surface area (Å²) in [7, 11) is 0. The Labute approximate surface area is 207 Å². The number of allylic oxidation sites excluding steroid dienone is 1. The Balaban J connectivity index is 1.80. The number of nitrogens with zero attached hydrogens (tertiary/aromatic N) is 1. The van der Waals surface area contributed by atoms with Gasteiger partial charge in [-0.3, -0.25) is 14.6 Å². The summed E-state index contributed by atoms with van der Waals surface area (Å²) >= 11 is 6.12. The van der Waals surface area contributed by atoms with Gasteiger partial charge in [0.2, 0.25) is 0 Å². The molecule has 1 aliphatic heterocycles. The number of hydrogen-bond acceptors (Lipinski definition) is 3. The lowest BCUT2D eigenvalue weighted by molar-refractivity contribution is -0.137. The molecular formula is C27H26ClF3N2O2. The number of alkyl halides is 3. The van der Waals surface area contributed by atoms with E-state index in [4.69, 9.17) is 11.6 Å². The molecular weight excluding hydrogens is 477 g/mol. The molecule has 1 fully saturated rings. The summed E-state index contributed by atoms with van der Waals surface area (Å²) in [4.78, 5) is 31.6. The first kappa shape index (κ1) is 25.2. The van der Waals surface area contributed by atoms with Crippen LogP contribution in [0.5, 0.6) is 0 Å². The van der Waals surface area contributed by atoms with Gasteiger partial charge in [-0.1, -0.05) is 55.3 Å². The van der Waals surface area contributed by atoms with E-state index in [9.17, 15) is 22.8 Å². The minimum Gasteiger partial charge on any atom is -0.321 e. The number of halogens is 4. The minimum absolute atomic E-state index is 0.000441. The van der Waals surface area contributed by atoms with Crippen LogP contribution in [0, 0.1) is 18.3 Å². The number of fused-ring (bicyclic) bond motifs is 1. The number of nitrogens with one attached hydrogen (secondary N) is 1. The van der Waals surface area contributed by atoms with E-state index in [1.54, 1.807) is 6.92 Å². The highest BCUT2D eigenvalue weighted by Crippen LogP contribution is 2.47. The minimum atomic E-state index is -4.59. The van der Waals surface area contributed by atoms with E-state index in [-0.39, 0.29) is 27.5 Å². The third-order valence-electron chi connectivity index (χ3n) is 6.59. The summed E-state index contributed by atoms with van der Waals surface area (Å²) < 4.78 is 39.7. The van der Waals surface area contributed by atoms with Crippen LogP contribution in [-0.2, 0) is 15.8 Å². The van der Waals surface area contributed by atoms with Gasteiger partial charge in [0, 0.05) is 29.3 Å². The Kier molecular flexibility index (Phi) is 6.43. The molecule has 4 rings (SSSR count). The highest BCUT2D eigenvalue weighted by molar-refractivity contribution is 6.34. The summed E-state index contributed by atoms with van der Waals surface area (Å²) in [6.45, 7) is 7.66. The van der Waals surface area contributed by atoms with Crippen LogP contribution in [0.4, 0.5) is 18.9 Å². The summed E-state index contributed by atoms with van der Waals surface area (Å²) in [5.41, 5.74) is 1.92. The summed E-state index contributed by atoms with van der Waals surface area (Å²) in [6, 6.07) is 10.4. The number of aryl methyl sites for hydroxylation is 1. The zero-order valence-corrected chi connectivity index (χ0v) is 20.6. The van der Waals surface area contributed by atoms with Gasteiger partial charge in [-0.15, -0.1) is 0 Å². The number of hydrogen-bond donors (Lipinski definition) is 1. The highest BCUT2D eigenvalue weighted by Gasteiger charge is 2.47. The molecule has 8 heteroatoms. The largest absolute Gasteiger partial charge is 0.416 e. The lowest BCUT2D eigenvalue weighted by Crippen LogP contribution is -2.44. The maximum absolute atomic E-state index is 13.6. The van der Waals surface area contributed by atoms with Crippen molar-refractivity contribution in [3.8, 4) is 0 Å². The number of anilines is 1. The number of Topliss-reactive ketones (excluding diaryl/α,β-unsaturated/α-hetero) is 1. The number of aliphatic imine (C=N–C) groups is 1. The van der Waals surface area contributed by atoms with E-state index in [0.717, 1.165) is 35.0 Å². The quantitative estimate of drug-likeness (QED) is 0.485.